The summed E-state index contributed by atoms with van der Waals surface area (Å²) in [5.41, 5.74) is 0. The first kappa shape index (κ1) is 17.3. The van der Waals surface area contributed by atoms with Crippen LogP contribution in [-0.2, 0) is 14.3 Å². The third kappa shape index (κ3) is 9.32. The van der Waals surface area contributed by atoms with E-state index in [9.17, 15) is 9.18 Å². The SMILES string of the molecule is CCC(=O)NCC(F)C(C)OCCOCCNC. The van der Waals surface area contributed by atoms with Crippen molar-refractivity contribution < 1.29 is 18.7 Å². The van der Waals surface area contributed by atoms with Crippen molar-refractivity contribution in [2.24, 2.45) is 0 Å². The second kappa shape index (κ2) is 11.4. The first-order chi connectivity index (χ1) is 8.61. The smallest absolute Gasteiger partial charge is 0.219 e. The highest BCUT2D eigenvalue weighted by atomic mass is 19.1. The molecule has 2 N–H and O–H groups in total. The molecule has 2 atom stereocenters. The topological polar surface area (TPSA) is 59.6 Å². The Morgan fingerprint density at radius 2 is 2.06 bits per heavy atom. The van der Waals surface area contributed by atoms with Crippen molar-refractivity contribution in [1.29, 1.82) is 0 Å². The van der Waals surface area contributed by atoms with Crippen LogP contribution in [0.3, 0.4) is 0 Å². The lowest BCUT2D eigenvalue weighted by atomic mass is 10.2. The van der Waals surface area contributed by atoms with Gasteiger partial charge in [-0.25, -0.2) is 4.39 Å². The van der Waals surface area contributed by atoms with Crippen LogP contribution >= 0.6 is 0 Å². The molecule has 2 unspecified atom stereocenters. The van der Waals surface area contributed by atoms with E-state index in [1.807, 2.05) is 7.05 Å². The fourth-order valence-corrected chi connectivity index (χ4v) is 1.18. The molecule has 0 heterocycles. The van der Waals surface area contributed by atoms with Gasteiger partial charge in [-0.2, -0.15) is 0 Å². The molecule has 1 amide bonds. The average molecular weight is 264 g/mol. The lowest BCUT2D eigenvalue weighted by molar-refractivity contribution is -0.121. The van der Waals surface area contributed by atoms with Crippen LogP contribution in [0.1, 0.15) is 20.3 Å². The number of amides is 1. The van der Waals surface area contributed by atoms with E-state index in [0.717, 1.165) is 6.54 Å². The van der Waals surface area contributed by atoms with Gasteiger partial charge in [-0.3, -0.25) is 4.79 Å². The molecule has 0 aromatic rings. The van der Waals surface area contributed by atoms with Crippen molar-refractivity contribution >= 4 is 5.91 Å². The normalized spacial score (nSPS) is 14.2. The van der Waals surface area contributed by atoms with Crippen molar-refractivity contribution in [3.05, 3.63) is 0 Å². The van der Waals surface area contributed by atoms with E-state index < -0.39 is 12.3 Å². The van der Waals surface area contributed by atoms with Gasteiger partial charge in [0.2, 0.25) is 5.91 Å². The van der Waals surface area contributed by atoms with Crippen molar-refractivity contribution in [3.8, 4) is 0 Å². The summed E-state index contributed by atoms with van der Waals surface area (Å²) >= 11 is 0. The van der Waals surface area contributed by atoms with Gasteiger partial charge >= 0.3 is 0 Å². The predicted molar refractivity (Wildman–Crippen MR) is 68.4 cm³/mol. The zero-order valence-electron chi connectivity index (χ0n) is 11.5. The highest BCUT2D eigenvalue weighted by Gasteiger charge is 2.17. The maximum atomic E-state index is 13.5. The van der Waals surface area contributed by atoms with E-state index >= 15 is 0 Å². The van der Waals surface area contributed by atoms with E-state index in [-0.39, 0.29) is 12.5 Å². The molecule has 0 aromatic heterocycles. The highest BCUT2D eigenvalue weighted by molar-refractivity contribution is 5.75. The van der Waals surface area contributed by atoms with Crippen molar-refractivity contribution in [2.75, 3.05) is 40.0 Å². The van der Waals surface area contributed by atoms with E-state index in [1.165, 1.54) is 0 Å². The lowest BCUT2D eigenvalue weighted by Gasteiger charge is -2.18. The summed E-state index contributed by atoms with van der Waals surface area (Å²) in [5, 5.41) is 5.45. The number of rotatable bonds is 11. The van der Waals surface area contributed by atoms with Gasteiger partial charge in [0, 0.05) is 13.0 Å². The summed E-state index contributed by atoms with van der Waals surface area (Å²) in [6, 6.07) is 0. The van der Waals surface area contributed by atoms with Crippen LogP contribution in [0.25, 0.3) is 0 Å². The molecule has 0 aliphatic rings. The molecule has 0 aliphatic heterocycles. The van der Waals surface area contributed by atoms with Crippen molar-refractivity contribution in [1.82, 2.24) is 10.6 Å². The molecule has 0 fully saturated rings. The molecular formula is C12H25FN2O3. The monoisotopic (exact) mass is 264 g/mol. The van der Waals surface area contributed by atoms with Crippen LogP contribution < -0.4 is 10.6 Å². The van der Waals surface area contributed by atoms with Crippen LogP contribution in [0.15, 0.2) is 0 Å². The van der Waals surface area contributed by atoms with E-state index in [0.29, 0.717) is 26.2 Å². The summed E-state index contributed by atoms with van der Waals surface area (Å²) < 4.78 is 24.1. The van der Waals surface area contributed by atoms with Crippen LogP contribution in [0.5, 0.6) is 0 Å². The zero-order chi connectivity index (χ0) is 13.8. The predicted octanol–water partition coefficient (Wildman–Crippen LogP) is 0.492. The number of alkyl halides is 1. The second-order valence-electron chi connectivity index (χ2n) is 3.97. The quantitative estimate of drug-likeness (QED) is 0.533. The minimum Gasteiger partial charge on any atom is -0.378 e. The molecule has 108 valence electrons. The number of likely N-dealkylation sites (N-methyl/N-ethyl adjacent to an activating group) is 1. The summed E-state index contributed by atoms with van der Waals surface area (Å²) in [4.78, 5) is 11.0. The Kier molecular flexibility index (Phi) is 10.9. The first-order valence-corrected chi connectivity index (χ1v) is 6.36. The van der Waals surface area contributed by atoms with Gasteiger partial charge < -0.3 is 20.1 Å². The van der Waals surface area contributed by atoms with E-state index in [4.69, 9.17) is 9.47 Å². The maximum absolute atomic E-state index is 13.5. The number of ether oxygens (including phenoxy) is 2. The van der Waals surface area contributed by atoms with Gasteiger partial charge in [0.25, 0.3) is 0 Å². The van der Waals surface area contributed by atoms with Gasteiger partial charge in [0.15, 0.2) is 0 Å². The maximum Gasteiger partial charge on any atom is 0.219 e. The van der Waals surface area contributed by atoms with Gasteiger partial charge in [-0.05, 0) is 14.0 Å². The molecule has 0 rings (SSSR count). The van der Waals surface area contributed by atoms with Crippen molar-refractivity contribution in [2.45, 2.75) is 32.5 Å². The molecular weight excluding hydrogens is 239 g/mol. The summed E-state index contributed by atoms with van der Waals surface area (Å²) in [5.74, 6) is -0.153. The molecule has 6 heteroatoms. The summed E-state index contributed by atoms with van der Waals surface area (Å²) in [7, 11) is 1.85. The average Bonchev–Trinajstić information content (AvgIpc) is 2.39. The Morgan fingerprint density at radius 1 is 1.33 bits per heavy atom. The molecule has 5 nitrogen and oxygen atoms in total. The minimum absolute atomic E-state index is 0.00550. The Hall–Kier alpha value is -0.720. The number of hydrogen-bond acceptors (Lipinski definition) is 4. The molecule has 0 spiro atoms. The Morgan fingerprint density at radius 3 is 2.67 bits per heavy atom. The fraction of sp³-hybridized carbons (Fsp3) is 0.917. The zero-order valence-corrected chi connectivity index (χ0v) is 11.5. The molecule has 18 heavy (non-hydrogen) atoms. The molecule has 0 bridgehead atoms. The first-order valence-electron chi connectivity index (χ1n) is 6.36. The third-order valence-corrected chi connectivity index (χ3v) is 2.43. The summed E-state index contributed by atoms with van der Waals surface area (Å²) in [6.45, 7) is 5.56. The second-order valence-corrected chi connectivity index (χ2v) is 3.97. The van der Waals surface area contributed by atoms with Gasteiger partial charge in [0.05, 0.1) is 32.5 Å². The standard InChI is InChI=1S/C12H25FN2O3/c1-4-12(16)15-9-11(13)10(2)18-8-7-17-6-5-14-3/h10-11,14H,4-9H2,1-3H3,(H,15,16). The Bertz CT molecular complexity index is 217. The Labute approximate surface area is 108 Å². The number of halogens is 1. The molecule has 0 aliphatic carbocycles. The molecule has 0 aromatic carbocycles. The number of hydrogen-bond donors (Lipinski definition) is 2. The van der Waals surface area contributed by atoms with Gasteiger partial charge in [-0.15, -0.1) is 0 Å². The van der Waals surface area contributed by atoms with Gasteiger partial charge in [0.1, 0.15) is 6.17 Å². The number of carbonyl (C=O) groups excluding carboxylic acids is 1. The summed E-state index contributed by atoms with van der Waals surface area (Å²) in [6.07, 6.45) is -1.38. The van der Waals surface area contributed by atoms with Crippen LogP contribution in [0, 0.1) is 0 Å². The Balaban J connectivity index is 3.49. The highest BCUT2D eigenvalue weighted by Crippen LogP contribution is 2.02. The number of carbonyl (C=O) groups is 1. The van der Waals surface area contributed by atoms with Crippen LogP contribution in [0.4, 0.5) is 4.39 Å². The molecule has 0 radical (unpaired) electrons. The lowest BCUT2D eigenvalue weighted by Crippen LogP contribution is -2.36. The number of nitrogens with one attached hydrogen (secondary N) is 2. The van der Waals surface area contributed by atoms with E-state index in [2.05, 4.69) is 10.6 Å². The van der Waals surface area contributed by atoms with Crippen LogP contribution in [-0.4, -0.2) is 58.1 Å². The minimum atomic E-state index is -1.20. The fourth-order valence-electron chi connectivity index (χ4n) is 1.18. The van der Waals surface area contributed by atoms with Crippen LogP contribution in [0.2, 0.25) is 0 Å². The van der Waals surface area contributed by atoms with Gasteiger partial charge in [-0.1, -0.05) is 6.92 Å². The van der Waals surface area contributed by atoms with Crippen molar-refractivity contribution in [3.63, 3.8) is 0 Å². The molecule has 0 saturated carbocycles. The molecule has 0 saturated heterocycles. The largest absolute Gasteiger partial charge is 0.378 e. The van der Waals surface area contributed by atoms with E-state index in [1.54, 1.807) is 13.8 Å². The third-order valence-electron chi connectivity index (χ3n) is 2.43.